The van der Waals surface area contributed by atoms with Crippen molar-refractivity contribution in [1.29, 1.82) is 0 Å². The lowest BCUT2D eigenvalue weighted by molar-refractivity contribution is 0.107. The molecule has 1 aliphatic rings. The predicted octanol–water partition coefficient (Wildman–Crippen LogP) is 1.26. The summed E-state index contributed by atoms with van der Waals surface area (Å²) in [5.74, 6) is 6.34. The number of likely N-dealkylation sites (tertiary alicyclic amines) is 1. The summed E-state index contributed by atoms with van der Waals surface area (Å²) >= 11 is 0. The Balaban J connectivity index is 2.09. The van der Waals surface area contributed by atoms with Crippen LogP contribution in [0.1, 0.15) is 17.5 Å². The Morgan fingerprint density at radius 3 is 2.90 bits per heavy atom. The Hall–Kier alpha value is -1.54. The van der Waals surface area contributed by atoms with Crippen molar-refractivity contribution in [2.24, 2.45) is 0 Å². The Kier molecular flexibility index (Phi) is 5.42. The molecule has 4 heteroatoms. The van der Waals surface area contributed by atoms with Crippen LogP contribution in [0.3, 0.4) is 0 Å². The molecular weight excluding hydrogens is 254 g/mol. The first-order valence-electron chi connectivity index (χ1n) is 6.78. The van der Waals surface area contributed by atoms with Gasteiger partial charge in [0.25, 0.3) is 0 Å². The summed E-state index contributed by atoms with van der Waals surface area (Å²) < 4.78 is 10.7. The quantitative estimate of drug-likeness (QED) is 0.840. The molecule has 1 aromatic rings. The second kappa shape index (κ2) is 7.30. The highest BCUT2D eigenvalue weighted by molar-refractivity contribution is 5.48. The molecule has 1 atom stereocenters. The van der Waals surface area contributed by atoms with Gasteiger partial charge in [-0.15, -0.1) is 0 Å². The average Bonchev–Trinajstić information content (AvgIpc) is 2.93. The molecule has 0 bridgehead atoms. The molecule has 1 heterocycles. The van der Waals surface area contributed by atoms with E-state index >= 15 is 0 Å². The summed E-state index contributed by atoms with van der Waals surface area (Å²) in [4.78, 5) is 2.37. The van der Waals surface area contributed by atoms with Crippen molar-refractivity contribution >= 4 is 0 Å². The number of ether oxygens (including phenoxy) is 2. The van der Waals surface area contributed by atoms with Crippen molar-refractivity contribution in [3.63, 3.8) is 0 Å². The molecule has 0 amide bonds. The van der Waals surface area contributed by atoms with Crippen LogP contribution in [0.15, 0.2) is 18.2 Å². The zero-order valence-corrected chi connectivity index (χ0v) is 12.1. The standard InChI is InChI=1S/C16H21NO3/c1-19-15-7-8-17(12-15)11-13-5-6-16(20-2)14(10-13)4-3-9-18/h5-6,10,15,18H,7-9,11-12H2,1-2H3. The van der Waals surface area contributed by atoms with E-state index in [-0.39, 0.29) is 6.61 Å². The van der Waals surface area contributed by atoms with E-state index < -0.39 is 0 Å². The Bertz CT molecular complexity index is 504. The Morgan fingerprint density at radius 1 is 1.40 bits per heavy atom. The van der Waals surface area contributed by atoms with Crippen LogP contribution < -0.4 is 4.74 Å². The van der Waals surface area contributed by atoms with Gasteiger partial charge in [0.05, 0.1) is 18.8 Å². The van der Waals surface area contributed by atoms with E-state index in [1.165, 1.54) is 5.56 Å². The first-order chi connectivity index (χ1) is 9.76. The van der Waals surface area contributed by atoms with Crippen LogP contribution in [0, 0.1) is 11.8 Å². The van der Waals surface area contributed by atoms with Crippen LogP contribution in [0.2, 0.25) is 0 Å². The molecule has 0 aliphatic carbocycles. The highest BCUT2D eigenvalue weighted by Gasteiger charge is 2.21. The molecule has 0 radical (unpaired) electrons. The number of aliphatic hydroxyl groups excluding tert-OH is 1. The minimum absolute atomic E-state index is 0.144. The summed E-state index contributed by atoms with van der Waals surface area (Å²) in [5, 5.41) is 8.81. The minimum atomic E-state index is -0.144. The minimum Gasteiger partial charge on any atom is -0.495 e. The summed E-state index contributed by atoms with van der Waals surface area (Å²) in [6.07, 6.45) is 1.44. The number of rotatable bonds is 4. The molecule has 4 nitrogen and oxygen atoms in total. The van der Waals surface area contributed by atoms with Crippen molar-refractivity contribution in [1.82, 2.24) is 4.90 Å². The molecule has 1 N–H and O–H groups in total. The highest BCUT2D eigenvalue weighted by Crippen LogP contribution is 2.21. The Labute approximate surface area is 120 Å². The summed E-state index contributed by atoms with van der Waals surface area (Å²) in [6.45, 7) is 2.77. The zero-order valence-electron chi connectivity index (χ0n) is 12.1. The number of methoxy groups -OCH3 is 2. The van der Waals surface area contributed by atoms with Crippen LogP contribution in [-0.4, -0.2) is 50.0 Å². The average molecular weight is 275 g/mol. The first kappa shape index (κ1) is 14.9. The Morgan fingerprint density at radius 2 is 2.25 bits per heavy atom. The number of nitrogens with zero attached hydrogens (tertiary/aromatic N) is 1. The van der Waals surface area contributed by atoms with Crippen LogP contribution in [-0.2, 0) is 11.3 Å². The van der Waals surface area contributed by atoms with E-state index in [4.69, 9.17) is 14.6 Å². The lowest BCUT2D eigenvalue weighted by Crippen LogP contribution is -2.22. The lowest BCUT2D eigenvalue weighted by atomic mass is 10.1. The van der Waals surface area contributed by atoms with Crippen molar-refractivity contribution in [3.05, 3.63) is 29.3 Å². The normalized spacial score (nSPS) is 18.6. The fourth-order valence-electron chi connectivity index (χ4n) is 2.48. The van der Waals surface area contributed by atoms with Gasteiger partial charge >= 0.3 is 0 Å². The summed E-state index contributed by atoms with van der Waals surface area (Å²) in [5.41, 5.74) is 2.02. The molecule has 2 rings (SSSR count). The summed E-state index contributed by atoms with van der Waals surface area (Å²) in [6, 6.07) is 6.02. The molecule has 20 heavy (non-hydrogen) atoms. The number of hydrogen-bond acceptors (Lipinski definition) is 4. The third-order valence-corrected chi connectivity index (χ3v) is 3.53. The zero-order chi connectivity index (χ0) is 14.4. The van der Waals surface area contributed by atoms with E-state index in [0.29, 0.717) is 6.10 Å². The van der Waals surface area contributed by atoms with Crippen molar-refractivity contribution < 1.29 is 14.6 Å². The van der Waals surface area contributed by atoms with E-state index in [1.807, 2.05) is 12.1 Å². The summed E-state index contributed by atoms with van der Waals surface area (Å²) in [7, 11) is 3.40. The maximum absolute atomic E-state index is 8.81. The third kappa shape index (κ3) is 3.73. The smallest absolute Gasteiger partial charge is 0.134 e. The largest absolute Gasteiger partial charge is 0.495 e. The van der Waals surface area contributed by atoms with Gasteiger partial charge in [0.1, 0.15) is 12.4 Å². The molecule has 1 fully saturated rings. The topological polar surface area (TPSA) is 41.9 Å². The fraction of sp³-hybridized carbons (Fsp3) is 0.500. The molecule has 1 unspecified atom stereocenters. The fourth-order valence-corrected chi connectivity index (χ4v) is 2.48. The monoisotopic (exact) mass is 275 g/mol. The maximum Gasteiger partial charge on any atom is 0.134 e. The van der Waals surface area contributed by atoms with Gasteiger partial charge in [-0.3, -0.25) is 4.90 Å². The number of aliphatic hydroxyl groups is 1. The van der Waals surface area contributed by atoms with Gasteiger partial charge < -0.3 is 14.6 Å². The second-order valence-corrected chi connectivity index (χ2v) is 4.88. The van der Waals surface area contributed by atoms with Gasteiger partial charge in [-0.1, -0.05) is 17.9 Å². The van der Waals surface area contributed by atoms with Gasteiger partial charge in [-0.25, -0.2) is 0 Å². The maximum atomic E-state index is 8.81. The lowest BCUT2D eigenvalue weighted by Gasteiger charge is -2.16. The van der Waals surface area contributed by atoms with Gasteiger partial charge in [-0.05, 0) is 24.1 Å². The van der Waals surface area contributed by atoms with Gasteiger partial charge in [0, 0.05) is 26.7 Å². The molecule has 1 aliphatic heterocycles. The van der Waals surface area contributed by atoms with Gasteiger partial charge in [0.2, 0.25) is 0 Å². The van der Waals surface area contributed by atoms with Crippen LogP contribution in [0.4, 0.5) is 0 Å². The molecular formula is C16H21NO3. The molecule has 0 aromatic heterocycles. The predicted molar refractivity (Wildman–Crippen MR) is 77.6 cm³/mol. The molecule has 1 saturated heterocycles. The molecule has 1 aromatic carbocycles. The van der Waals surface area contributed by atoms with E-state index in [2.05, 4.69) is 22.8 Å². The van der Waals surface area contributed by atoms with Crippen LogP contribution in [0.25, 0.3) is 0 Å². The first-order valence-corrected chi connectivity index (χ1v) is 6.78. The van der Waals surface area contributed by atoms with E-state index in [1.54, 1.807) is 14.2 Å². The SMILES string of the molecule is COc1ccc(CN2CCC(OC)C2)cc1C#CCO. The van der Waals surface area contributed by atoms with Crippen molar-refractivity contribution in [3.8, 4) is 17.6 Å². The number of benzene rings is 1. The third-order valence-electron chi connectivity index (χ3n) is 3.53. The van der Waals surface area contributed by atoms with Gasteiger partial charge in [-0.2, -0.15) is 0 Å². The van der Waals surface area contributed by atoms with Crippen LogP contribution >= 0.6 is 0 Å². The molecule has 0 saturated carbocycles. The van der Waals surface area contributed by atoms with Gasteiger partial charge in [0.15, 0.2) is 0 Å². The highest BCUT2D eigenvalue weighted by atomic mass is 16.5. The van der Waals surface area contributed by atoms with Crippen molar-refractivity contribution in [2.45, 2.75) is 19.1 Å². The molecule has 0 spiro atoms. The number of hydrogen-bond donors (Lipinski definition) is 1. The van der Waals surface area contributed by atoms with E-state index in [0.717, 1.165) is 37.4 Å². The van der Waals surface area contributed by atoms with Crippen LogP contribution in [0.5, 0.6) is 5.75 Å². The van der Waals surface area contributed by atoms with Crippen molar-refractivity contribution in [2.75, 3.05) is 33.9 Å². The van der Waals surface area contributed by atoms with E-state index in [9.17, 15) is 0 Å². The molecule has 108 valence electrons. The second-order valence-electron chi connectivity index (χ2n) is 4.88.